The average Bonchev–Trinajstić information content (AvgIpc) is 1.94. The number of hydrogen-bond acceptors (Lipinski definition) is 2. The standard InChI is InChI=1S/C7H10N2O2/c1-9-4-2-3-5(6(8)10)7(9)11/h3H,2,4H2,1H3,(H2,8,10). The molecule has 0 bridgehead atoms. The molecule has 0 aromatic carbocycles. The number of carbonyl (C=O) groups is 2. The van der Waals surface area contributed by atoms with Crippen molar-refractivity contribution in [3.63, 3.8) is 0 Å². The number of primary amides is 1. The fourth-order valence-electron chi connectivity index (χ4n) is 1.00. The van der Waals surface area contributed by atoms with Crippen molar-refractivity contribution in [1.82, 2.24) is 4.90 Å². The molecule has 0 atom stereocenters. The number of hydrogen-bond donors (Lipinski definition) is 1. The Morgan fingerprint density at radius 3 is 2.82 bits per heavy atom. The maximum atomic E-state index is 11.1. The van der Waals surface area contributed by atoms with Gasteiger partial charge in [-0.3, -0.25) is 9.59 Å². The van der Waals surface area contributed by atoms with Gasteiger partial charge in [0.05, 0.1) is 0 Å². The average molecular weight is 154 g/mol. The lowest BCUT2D eigenvalue weighted by Crippen LogP contribution is -2.36. The zero-order valence-electron chi connectivity index (χ0n) is 6.33. The molecule has 1 aliphatic heterocycles. The summed E-state index contributed by atoms with van der Waals surface area (Å²) >= 11 is 0. The molecule has 2 amide bonds. The van der Waals surface area contributed by atoms with E-state index in [-0.39, 0.29) is 11.5 Å². The SMILES string of the molecule is CN1CCC=C(C(N)=O)C1=O. The van der Waals surface area contributed by atoms with Gasteiger partial charge in [0.2, 0.25) is 0 Å². The molecule has 0 aliphatic carbocycles. The van der Waals surface area contributed by atoms with Crippen molar-refractivity contribution in [2.75, 3.05) is 13.6 Å². The number of amides is 2. The molecule has 11 heavy (non-hydrogen) atoms. The third-order valence-corrected chi connectivity index (χ3v) is 1.66. The first-order chi connectivity index (χ1) is 5.13. The van der Waals surface area contributed by atoms with Gasteiger partial charge in [-0.15, -0.1) is 0 Å². The van der Waals surface area contributed by atoms with Crippen molar-refractivity contribution in [3.8, 4) is 0 Å². The van der Waals surface area contributed by atoms with E-state index in [9.17, 15) is 9.59 Å². The lowest BCUT2D eigenvalue weighted by Gasteiger charge is -2.20. The first-order valence-corrected chi connectivity index (χ1v) is 3.38. The van der Waals surface area contributed by atoms with Crippen LogP contribution in [-0.4, -0.2) is 30.3 Å². The molecular weight excluding hydrogens is 144 g/mol. The number of rotatable bonds is 1. The van der Waals surface area contributed by atoms with Crippen molar-refractivity contribution in [2.24, 2.45) is 5.73 Å². The third-order valence-electron chi connectivity index (χ3n) is 1.66. The second kappa shape index (κ2) is 2.74. The van der Waals surface area contributed by atoms with Crippen LogP contribution < -0.4 is 5.73 Å². The number of carbonyl (C=O) groups excluding carboxylic acids is 2. The quantitative estimate of drug-likeness (QED) is 0.505. The van der Waals surface area contributed by atoms with Gasteiger partial charge in [-0.2, -0.15) is 0 Å². The van der Waals surface area contributed by atoms with E-state index in [4.69, 9.17) is 5.73 Å². The lowest BCUT2D eigenvalue weighted by atomic mass is 10.1. The fourth-order valence-corrected chi connectivity index (χ4v) is 1.00. The highest BCUT2D eigenvalue weighted by atomic mass is 16.2. The summed E-state index contributed by atoms with van der Waals surface area (Å²) in [5.41, 5.74) is 5.08. The van der Waals surface area contributed by atoms with E-state index in [0.29, 0.717) is 13.0 Å². The van der Waals surface area contributed by atoms with Crippen molar-refractivity contribution < 1.29 is 9.59 Å². The van der Waals surface area contributed by atoms with Crippen LogP contribution >= 0.6 is 0 Å². The van der Waals surface area contributed by atoms with Crippen LogP contribution in [0.1, 0.15) is 6.42 Å². The first kappa shape index (κ1) is 7.78. The minimum atomic E-state index is -0.637. The van der Waals surface area contributed by atoms with Crippen LogP contribution in [0.15, 0.2) is 11.6 Å². The lowest BCUT2D eigenvalue weighted by molar-refractivity contribution is -0.129. The van der Waals surface area contributed by atoms with E-state index < -0.39 is 5.91 Å². The second-order valence-electron chi connectivity index (χ2n) is 2.50. The fraction of sp³-hybridized carbons (Fsp3) is 0.429. The van der Waals surface area contributed by atoms with Gasteiger partial charge in [-0.05, 0) is 6.42 Å². The highest BCUT2D eigenvalue weighted by Crippen LogP contribution is 2.08. The highest BCUT2D eigenvalue weighted by molar-refractivity contribution is 6.18. The molecule has 1 heterocycles. The van der Waals surface area contributed by atoms with E-state index in [2.05, 4.69) is 0 Å². The zero-order chi connectivity index (χ0) is 8.43. The summed E-state index contributed by atoms with van der Waals surface area (Å²) in [6, 6.07) is 0. The summed E-state index contributed by atoms with van der Waals surface area (Å²) in [6.07, 6.45) is 2.30. The molecule has 0 aromatic heterocycles. The summed E-state index contributed by atoms with van der Waals surface area (Å²) in [7, 11) is 1.65. The van der Waals surface area contributed by atoms with Gasteiger partial charge < -0.3 is 10.6 Å². The van der Waals surface area contributed by atoms with Gasteiger partial charge in [-0.1, -0.05) is 6.08 Å². The molecule has 4 nitrogen and oxygen atoms in total. The molecule has 0 saturated carbocycles. The minimum Gasteiger partial charge on any atom is -0.365 e. The summed E-state index contributed by atoms with van der Waals surface area (Å²) in [6.45, 7) is 0.662. The van der Waals surface area contributed by atoms with Gasteiger partial charge in [-0.25, -0.2) is 0 Å². The van der Waals surface area contributed by atoms with Gasteiger partial charge in [0.25, 0.3) is 11.8 Å². The molecule has 0 fully saturated rings. The van der Waals surface area contributed by atoms with E-state index >= 15 is 0 Å². The maximum absolute atomic E-state index is 11.1. The number of likely N-dealkylation sites (N-methyl/N-ethyl adjacent to an activating group) is 1. The molecule has 0 aromatic rings. The normalized spacial score (nSPS) is 18.1. The van der Waals surface area contributed by atoms with Crippen LogP contribution in [0, 0.1) is 0 Å². The monoisotopic (exact) mass is 154 g/mol. The molecule has 4 heteroatoms. The Balaban J connectivity index is 2.87. The molecule has 0 radical (unpaired) electrons. The summed E-state index contributed by atoms with van der Waals surface area (Å²) in [4.78, 5) is 23.2. The van der Waals surface area contributed by atoms with Crippen molar-refractivity contribution >= 4 is 11.8 Å². The summed E-state index contributed by atoms with van der Waals surface area (Å²) in [5.74, 6) is -0.912. The number of nitrogens with two attached hydrogens (primary N) is 1. The second-order valence-corrected chi connectivity index (χ2v) is 2.50. The van der Waals surface area contributed by atoms with Gasteiger partial charge in [0.1, 0.15) is 5.57 Å². The molecule has 60 valence electrons. The Kier molecular flexibility index (Phi) is 1.94. The van der Waals surface area contributed by atoms with E-state index in [1.807, 2.05) is 0 Å². The van der Waals surface area contributed by atoms with E-state index in [0.717, 1.165) is 0 Å². The molecular formula is C7H10N2O2. The maximum Gasteiger partial charge on any atom is 0.258 e. The predicted octanol–water partition coefficient (Wildman–Crippen LogP) is -0.740. The van der Waals surface area contributed by atoms with Crippen LogP contribution in [-0.2, 0) is 9.59 Å². The Morgan fingerprint density at radius 2 is 2.36 bits per heavy atom. The first-order valence-electron chi connectivity index (χ1n) is 3.38. The molecule has 0 saturated heterocycles. The van der Waals surface area contributed by atoms with Crippen molar-refractivity contribution in [2.45, 2.75) is 6.42 Å². The van der Waals surface area contributed by atoms with Gasteiger partial charge >= 0.3 is 0 Å². The summed E-state index contributed by atoms with van der Waals surface area (Å²) in [5, 5.41) is 0. The Bertz CT molecular complexity index is 233. The highest BCUT2D eigenvalue weighted by Gasteiger charge is 2.21. The molecule has 0 spiro atoms. The Morgan fingerprint density at radius 1 is 1.73 bits per heavy atom. The Hall–Kier alpha value is -1.32. The minimum absolute atomic E-state index is 0.110. The van der Waals surface area contributed by atoms with Crippen LogP contribution in [0.2, 0.25) is 0 Å². The molecule has 1 rings (SSSR count). The molecule has 2 N–H and O–H groups in total. The largest absolute Gasteiger partial charge is 0.365 e. The van der Waals surface area contributed by atoms with Gasteiger partial charge in [0, 0.05) is 13.6 Å². The number of nitrogens with zero attached hydrogens (tertiary/aromatic N) is 1. The van der Waals surface area contributed by atoms with Crippen LogP contribution in [0.5, 0.6) is 0 Å². The van der Waals surface area contributed by atoms with E-state index in [1.54, 1.807) is 13.1 Å². The van der Waals surface area contributed by atoms with E-state index in [1.165, 1.54) is 4.90 Å². The summed E-state index contributed by atoms with van der Waals surface area (Å²) < 4.78 is 0. The van der Waals surface area contributed by atoms with Crippen LogP contribution in [0.25, 0.3) is 0 Å². The van der Waals surface area contributed by atoms with Crippen LogP contribution in [0.4, 0.5) is 0 Å². The van der Waals surface area contributed by atoms with Crippen molar-refractivity contribution in [1.29, 1.82) is 0 Å². The Labute approximate surface area is 64.7 Å². The van der Waals surface area contributed by atoms with Crippen LogP contribution in [0.3, 0.4) is 0 Å². The van der Waals surface area contributed by atoms with Gasteiger partial charge in [0.15, 0.2) is 0 Å². The van der Waals surface area contributed by atoms with Crippen molar-refractivity contribution in [3.05, 3.63) is 11.6 Å². The topological polar surface area (TPSA) is 63.4 Å². The molecule has 0 unspecified atom stereocenters. The smallest absolute Gasteiger partial charge is 0.258 e. The zero-order valence-corrected chi connectivity index (χ0v) is 6.33. The predicted molar refractivity (Wildman–Crippen MR) is 39.5 cm³/mol. The third kappa shape index (κ3) is 1.39. The molecule has 1 aliphatic rings.